The summed E-state index contributed by atoms with van der Waals surface area (Å²) in [6, 6.07) is 5.55. The van der Waals surface area contributed by atoms with Crippen LogP contribution in [-0.2, 0) is 4.74 Å². The molecule has 1 unspecified atom stereocenters. The highest BCUT2D eigenvalue weighted by molar-refractivity contribution is 6.35. The molecule has 0 radical (unpaired) electrons. The fourth-order valence-corrected chi connectivity index (χ4v) is 1.93. The van der Waals surface area contributed by atoms with Crippen LogP contribution in [0.15, 0.2) is 18.2 Å². The zero-order valence-corrected chi connectivity index (χ0v) is 11.4. The molecule has 1 aromatic carbocycles. The number of anilines is 1. The number of hydrogen-bond donors (Lipinski definition) is 2. The second kappa shape index (κ2) is 7.77. The molecule has 0 heterocycles. The van der Waals surface area contributed by atoms with Crippen molar-refractivity contribution in [3.05, 3.63) is 28.2 Å². The molecule has 1 atom stereocenters. The summed E-state index contributed by atoms with van der Waals surface area (Å²) in [5.41, 5.74) is 6.34. The average molecular weight is 277 g/mol. The van der Waals surface area contributed by atoms with Gasteiger partial charge in [-0.15, -0.1) is 0 Å². The van der Waals surface area contributed by atoms with Gasteiger partial charge in [-0.05, 0) is 37.6 Å². The Hall–Kier alpha value is -0.480. The third-order valence-corrected chi connectivity index (χ3v) is 2.98. The van der Waals surface area contributed by atoms with E-state index in [-0.39, 0.29) is 6.04 Å². The number of nitrogens with one attached hydrogen (secondary N) is 1. The van der Waals surface area contributed by atoms with Gasteiger partial charge < -0.3 is 15.8 Å². The Labute approximate surface area is 112 Å². The van der Waals surface area contributed by atoms with E-state index in [1.165, 1.54) is 0 Å². The van der Waals surface area contributed by atoms with E-state index in [0.717, 1.165) is 18.5 Å². The van der Waals surface area contributed by atoms with Crippen LogP contribution in [0.3, 0.4) is 0 Å². The highest BCUT2D eigenvalue weighted by Crippen LogP contribution is 2.26. The molecule has 0 aromatic heterocycles. The van der Waals surface area contributed by atoms with Crippen molar-refractivity contribution in [2.45, 2.75) is 18.9 Å². The van der Waals surface area contributed by atoms with E-state index in [9.17, 15) is 0 Å². The third-order valence-electron chi connectivity index (χ3n) is 2.41. The lowest BCUT2D eigenvalue weighted by atomic mass is 10.1. The van der Waals surface area contributed by atoms with E-state index < -0.39 is 0 Å². The number of halogens is 2. The summed E-state index contributed by atoms with van der Waals surface area (Å²) in [5.74, 6) is 0. The maximum absolute atomic E-state index is 6.09. The zero-order valence-electron chi connectivity index (χ0n) is 9.88. The van der Waals surface area contributed by atoms with E-state index >= 15 is 0 Å². The Bertz CT molecular complexity index is 347. The lowest BCUT2D eigenvalue weighted by Gasteiger charge is -2.19. The van der Waals surface area contributed by atoms with Gasteiger partial charge in [-0.1, -0.05) is 23.2 Å². The van der Waals surface area contributed by atoms with E-state index in [2.05, 4.69) is 5.32 Å². The number of ether oxygens (including phenoxy) is 1. The Kier molecular flexibility index (Phi) is 6.66. The molecular weight excluding hydrogens is 259 g/mol. The quantitative estimate of drug-likeness (QED) is 0.804. The van der Waals surface area contributed by atoms with Crippen molar-refractivity contribution in [3.8, 4) is 0 Å². The smallest absolute Gasteiger partial charge is 0.0664 e. The molecule has 0 aliphatic carbocycles. The van der Waals surface area contributed by atoms with Crippen LogP contribution in [0.1, 0.15) is 12.8 Å². The minimum absolute atomic E-state index is 0.194. The molecule has 0 aliphatic rings. The summed E-state index contributed by atoms with van der Waals surface area (Å²) in [5, 5.41) is 4.64. The van der Waals surface area contributed by atoms with Crippen LogP contribution in [0.25, 0.3) is 0 Å². The molecule has 0 fully saturated rings. The highest BCUT2D eigenvalue weighted by atomic mass is 35.5. The standard InChI is InChI=1S/C12H18Cl2N2O/c1-17-8-10(3-2-6-15)16-12-7-9(13)4-5-11(12)14/h4-5,7,10,16H,2-3,6,8,15H2,1H3. The Morgan fingerprint density at radius 3 is 2.82 bits per heavy atom. The predicted molar refractivity (Wildman–Crippen MR) is 74.0 cm³/mol. The normalized spacial score (nSPS) is 12.5. The first-order chi connectivity index (χ1) is 8.17. The summed E-state index contributed by atoms with van der Waals surface area (Å²) < 4.78 is 5.16. The topological polar surface area (TPSA) is 47.3 Å². The van der Waals surface area contributed by atoms with Crippen LogP contribution in [0, 0.1) is 0 Å². The summed E-state index contributed by atoms with van der Waals surface area (Å²) in [7, 11) is 1.68. The number of methoxy groups -OCH3 is 1. The van der Waals surface area contributed by atoms with Gasteiger partial charge in [0.15, 0.2) is 0 Å². The first-order valence-corrected chi connectivity index (χ1v) is 6.33. The number of nitrogens with two attached hydrogens (primary N) is 1. The minimum atomic E-state index is 0.194. The van der Waals surface area contributed by atoms with Crippen molar-refractivity contribution < 1.29 is 4.74 Å². The zero-order chi connectivity index (χ0) is 12.7. The molecule has 0 aliphatic heterocycles. The first-order valence-electron chi connectivity index (χ1n) is 5.58. The lowest BCUT2D eigenvalue weighted by Crippen LogP contribution is -2.26. The molecular formula is C12H18Cl2N2O. The summed E-state index contributed by atoms with van der Waals surface area (Å²) in [6.45, 7) is 1.29. The van der Waals surface area contributed by atoms with Gasteiger partial charge in [-0.25, -0.2) is 0 Å². The largest absolute Gasteiger partial charge is 0.383 e. The van der Waals surface area contributed by atoms with E-state index in [1.54, 1.807) is 19.2 Å². The van der Waals surface area contributed by atoms with Gasteiger partial charge in [0.05, 0.1) is 17.3 Å². The summed E-state index contributed by atoms with van der Waals surface area (Å²) >= 11 is 12.0. The van der Waals surface area contributed by atoms with Crippen LogP contribution >= 0.6 is 23.2 Å². The van der Waals surface area contributed by atoms with Crippen molar-refractivity contribution in [3.63, 3.8) is 0 Å². The monoisotopic (exact) mass is 276 g/mol. The number of rotatable bonds is 7. The molecule has 96 valence electrons. The molecule has 0 spiro atoms. The van der Waals surface area contributed by atoms with Crippen LogP contribution < -0.4 is 11.1 Å². The number of benzene rings is 1. The second-order valence-corrected chi connectivity index (χ2v) is 4.70. The SMILES string of the molecule is COCC(CCCN)Nc1cc(Cl)ccc1Cl. The minimum Gasteiger partial charge on any atom is -0.383 e. The summed E-state index contributed by atoms with van der Waals surface area (Å²) in [4.78, 5) is 0. The average Bonchev–Trinajstić information content (AvgIpc) is 2.31. The van der Waals surface area contributed by atoms with Gasteiger partial charge in [0.25, 0.3) is 0 Å². The molecule has 5 heteroatoms. The van der Waals surface area contributed by atoms with Crippen molar-refractivity contribution in [1.29, 1.82) is 0 Å². The third kappa shape index (κ3) is 5.13. The fraction of sp³-hybridized carbons (Fsp3) is 0.500. The van der Waals surface area contributed by atoms with Crippen molar-refractivity contribution in [2.75, 3.05) is 25.6 Å². The molecule has 1 aromatic rings. The second-order valence-electron chi connectivity index (χ2n) is 3.85. The Morgan fingerprint density at radius 1 is 1.41 bits per heavy atom. The molecule has 1 rings (SSSR count). The maximum Gasteiger partial charge on any atom is 0.0664 e. The maximum atomic E-state index is 6.09. The van der Waals surface area contributed by atoms with Crippen molar-refractivity contribution in [2.24, 2.45) is 5.73 Å². The van der Waals surface area contributed by atoms with Crippen molar-refractivity contribution >= 4 is 28.9 Å². The highest BCUT2D eigenvalue weighted by Gasteiger charge is 2.10. The summed E-state index contributed by atoms with van der Waals surface area (Å²) in [6.07, 6.45) is 1.88. The van der Waals surface area contributed by atoms with Crippen LogP contribution in [0.2, 0.25) is 10.0 Å². The molecule has 0 saturated carbocycles. The molecule has 0 amide bonds. The molecule has 0 saturated heterocycles. The van der Waals surface area contributed by atoms with Crippen LogP contribution in [0.4, 0.5) is 5.69 Å². The van der Waals surface area contributed by atoms with Gasteiger partial charge in [0.1, 0.15) is 0 Å². The van der Waals surface area contributed by atoms with E-state index in [0.29, 0.717) is 23.2 Å². The Balaban J connectivity index is 2.67. The van der Waals surface area contributed by atoms with Crippen LogP contribution in [0.5, 0.6) is 0 Å². The van der Waals surface area contributed by atoms with Gasteiger partial charge >= 0.3 is 0 Å². The lowest BCUT2D eigenvalue weighted by molar-refractivity contribution is 0.182. The molecule has 0 bridgehead atoms. The van der Waals surface area contributed by atoms with Gasteiger partial charge in [-0.2, -0.15) is 0 Å². The van der Waals surface area contributed by atoms with Gasteiger partial charge in [0.2, 0.25) is 0 Å². The predicted octanol–water partition coefficient (Wildman–Crippen LogP) is 3.16. The van der Waals surface area contributed by atoms with Crippen molar-refractivity contribution in [1.82, 2.24) is 0 Å². The first kappa shape index (κ1) is 14.6. The number of hydrogen-bond acceptors (Lipinski definition) is 3. The van der Waals surface area contributed by atoms with Gasteiger partial charge in [-0.3, -0.25) is 0 Å². The Morgan fingerprint density at radius 2 is 2.18 bits per heavy atom. The molecule has 3 nitrogen and oxygen atoms in total. The van der Waals surface area contributed by atoms with Crippen LogP contribution in [-0.4, -0.2) is 26.3 Å². The van der Waals surface area contributed by atoms with E-state index in [1.807, 2.05) is 6.07 Å². The fourth-order valence-electron chi connectivity index (χ4n) is 1.59. The molecule has 17 heavy (non-hydrogen) atoms. The van der Waals surface area contributed by atoms with E-state index in [4.69, 9.17) is 33.7 Å². The van der Waals surface area contributed by atoms with Gasteiger partial charge in [0, 0.05) is 18.2 Å². The molecule has 3 N–H and O–H groups in total.